The van der Waals surface area contributed by atoms with Crippen LogP contribution in [0.25, 0.3) is 6.08 Å². The molecule has 1 aliphatic heterocycles. The molecule has 3 rings (SSSR count). The number of rotatable bonds is 5. The van der Waals surface area contributed by atoms with E-state index in [1.165, 1.54) is 0 Å². The molecule has 2 aromatic heterocycles. The van der Waals surface area contributed by atoms with E-state index in [0.717, 1.165) is 24.3 Å². The van der Waals surface area contributed by atoms with E-state index in [1.807, 2.05) is 35.5 Å². The monoisotopic (exact) mass is 330 g/mol. The van der Waals surface area contributed by atoms with Gasteiger partial charge in [-0.1, -0.05) is 0 Å². The molecule has 1 amide bonds. The maximum atomic E-state index is 12.6. The van der Waals surface area contributed by atoms with Crippen LogP contribution in [0.3, 0.4) is 0 Å². The van der Waals surface area contributed by atoms with Gasteiger partial charge in [0.15, 0.2) is 5.11 Å². The van der Waals surface area contributed by atoms with Crippen molar-refractivity contribution >= 4 is 29.3 Å². The smallest absolute Gasteiger partial charge is 0.276 e. The van der Waals surface area contributed by atoms with Crippen LogP contribution < -0.4 is 5.32 Å². The highest BCUT2D eigenvalue weighted by Crippen LogP contribution is 2.17. The second kappa shape index (κ2) is 6.33. The Morgan fingerprint density at radius 2 is 2.13 bits per heavy atom. The summed E-state index contributed by atoms with van der Waals surface area (Å²) in [6.45, 7) is 5.96. The van der Waals surface area contributed by atoms with Gasteiger partial charge in [-0.25, -0.2) is 0 Å². The quantitative estimate of drug-likeness (QED) is 0.662. The van der Waals surface area contributed by atoms with E-state index in [-0.39, 0.29) is 5.91 Å². The van der Waals surface area contributed by atoms with Crippen molar-refractivity contribution in [2.24, 2.45) is 0 Å². The summed E-state index contributed by atoms with van der Waals surface area (Å²) in [4.78, 5) is 14.1. The van der Waals surface area contributed by atoms with Crippen LogP contribution in [-0.2, 0) is 24.4 Å². The molecule has 23 heavy (non-hydrogen) atoms. The largest absolute Gasteiger partial charge is 0.328 e. The summed E-state index contributed by atoms with van der Waals surface area (Å²) in [5, 5.41) is 11.8. The van der Waals surface area contributed by atoms with E-state index in [9.17, 15) is 4.79 Å². The van der Waals surface area contributed by atoms with Gasteiger partial charge in [0, 0.05) is 31.0 Å². The molecule has 0 unspecified atom stereocenters. The maximum absolute atomic E-state index is 12.6. The van der Waals surface area contributed by atoms with Gasteiger partial charge in [0.2, 0.25) is 0 Å². The number of hydrogen-bond acceptors (Lipinski definition) is 4. The van der Waals surface area contributed by atoms with Crippen molar-refractivity contribution in [3.8, 4) is 0 Å². The molecule has 0 radical (unpaired) electrons. The van der Waals surface area contributed by atoms with Crippen LogP contribution in [0, 0.1) is 0 Å². The number of amides is 1. The van der Waals surface area contributed by atoms with Gasteiger partial charge in [-0.15, -0.1) is 0 Å². The van der Waals surface area contributed by atoms with Crippen LogP contribution in [-0.4, -0.2) is 35.5 Å². The van der Waals surface area contributed by atoms with Gasteiger partial charge in [0.05, 0.1) is 18.4 Å². The lowest BCUT2D eigenvalue weighted by Crippen LogP contribution is -2.29. The van der Waals surface area contributed by atoms with Gasteiger partial charge in [-0.3, -0.25) is 19.1 Å². The van der Waals surface area contributed by atoms with Gasteiger partial charge < -0.3 is 5.32 Å². The molecule has 120 valence electrons. The van der Waals surface area contributed by atoms with Crippen molar-refractivity contribution in [1.82, 2.24) is 29.8 Å². The first-order chi connectivity index (χ1) is 11.1. The summed E-state index contributed by atoms with van der Waals surface area (Å²) < 4.78 is 3.64. The summed E-state index contributed by atoms with van der Waals surface area (Å²) >= 11 is 5.29. The molecule has 1 saturated heterocycles. The Kier molecular flexibility index (Phi) is 4.24. The topological polar surface area (TPSA) is 68.0 Å². The van der Waals surface area contributed by atoms with Crippen molar-refractivity contribution in [2.75, 3.05) is 0 Å². The number of hydrogen-bond donors (Lipinski definition) is 1. The Bertz CT molecular complexity index is 775. The van der Waals surface area contributed by atoms with Crippen molar-refractivity contribution in [3.05, 3.63) is 41.6 Å². The van der Waals surface area contributed by atoms with Gasteiger partial charge in [-0.2, -0.15) is 10.2 Å². The average Bonchev–Trinajstić information content (AvgIpc) is 3.24. The highest BCUT2D eigenvalue weighted by Gasteiger charge is 2.31. The minimum absolute atomic E-state index is 0.136. The average molecular weight is 330 g/mol. The highest BCUT2D eigenvalue weighted by atomic mass is 32.1. The molecule has 2 aromatic rings. The fraction of sp³-hybridized carbons (Fsp3) is 0.333. The summed E-state index contributed by atoms with van der Waals surface area (Å²) in [6, 6.07) is 1.86. The molecule has 7 nitrogen and oxygen atoms in total. The molecule has 0 aromatic carbocycles. The number of nitrogens with one attached hydrogen (secondary N) is 1. The fourth-order valence-electron chi connectivity index (χ4n) is 2.44. The standard InChI is InChI=1S/C15H18N6OS/c1-3-19-9-11(8-17-19)10-20-14(22)13(18-15(20)23)7-12-5-6-16-21(12)4-2/h5-9H,3-4,10H2,1-2H3,(H,18,23)/b13-7+. The minimum atomic E-state index is -0.136. The van der Waals surface area contributed by atoms with Crippen LogP contribution >= 0.6 is 12.2 Å². The van der Waals surface area contributed by atoms with Gasteiger partial charge in [0.1, 0.15) is 5.70 Å². The zero-order valence-electron chi connectivity index (χ0n) is 13.1. The lowest BCUT2D eigenvalue weighted by Gasteiger charge is -2.12. The molecular weight excluding hydrogens is 312 g/mol. The number of carbonyl (C=O) groups is 1. The first-order valence-electron chi connectivity index (χ1n) is 7.50. The zero-order chi connectivity index (χ0) is 16.4. The van der Waals surface area contributed by atoms with Crippen molar-refractivity contribution in [1.29, 1.82) is 0 Å². The van der Waals surface area contributed by atoms with Crippen LogP contribution in [0.1, 0.15) is 25.1 Å². The predicted octanol–water partition coefficient (Wildman–Crippen LogP) is 1.38. The molecule has 1 aliphatic rings. The molecular formula is C15H18N6OS. The maximum Gasteiger partial charge on any atom is 0.276 e. The Morgan fingerprint density at radius 3 is 2.83 bits per heavy atom. The van der Waals surface area contributed by atoms with Crippen LogP contribution in [0.5, 0.6) is 0 Å². The molecule has 0 bridgehead atoms. The van der Waals surface area contributed by atoms with E-state index in [1.54, 1.807) is 23.4 Å². The molecule has 0 aliphatic carbocycles. The second-order valence-corrected chi connectivity index (χ2v) is 5.54. The summed E-state index contributed by atoms with van der Waals surface area (Å²) in [6.07, 6.45) is 7.17. The third-order valence-electron chi connectivity index (χ3n) is 3.65. The molecule has 3 heterocycles. The molecule has 1 N–H and O–H groups in total. The number of carbonyl (C=O) groups excluding carboxylic acids is 1. The molecule has 0 spiro atoms. The van der Waals surface area contributed by atoms with E-state index >= 15 is 0 Å². The van der Waals surface area contributed by atoms with Crippen LogP contribution in [0.2, 0.25) is 0 Å². The third-order valence-corrected chi connectivity index (χ3v) is 3.98. The lowest BCUT2D eigenvalue weighted by atomic mass is 10.3. The second-order valence-electron chi connectivity index (χ2n) is 5.16. The summed E-state index contributed by atoms with van der Waals surface area (Å²) in [5.41, 5.74) is 2.28. The lowest BCUT2D eigenvalue weighted by molar-refractivity contribution is -0.122. The number of aryl methyl sites for hydroxylation is 2. The Morgan fingerprint density at radius 1 is 1.30 bits per heavy atom. The highest BCUT2D eigenvalue weighted by molar-refractivity contribution is 7.80. The Hall–Kier alpha value is -2.48. The summed E-state index contributed by atoms with van der Waals surface area (Å²) in [5.74, 6) is -0.136. The van der Waals surface area contributed by atoms with Crippen LogP contribution in [0.4, 0.5) is 0 Å². The third kappa shape index (κ3) is 3.02. The zero-order valence-corrected chi connectivity index (χ0v) is 13.9. The van der Waals surface area contributed by atoms with Crippen molar-refractivity contribution in [2.45, 2.75) is 33.5 Å². The Labute approximate surface area is 139 Å². The first kappa shape index (κ1) is 15.4. The molecule has 8 heteroatoms. The summed E-state index contributed by atoms with van der Waals surface area (Å²) in [7, 11) is 0. The predicted molar refractivity (Wildman–Crippen MR) is 90.1 cm³/mol. The van der Waals surface area contributed by atoms with Crippen molar-refractivity contribution < 1.29 is 4.79 Å². The van der Waals surface area contributed by atoms with Crippen molar-refractivity contribution in [3.63, 3.8) is 0 Å². The minimum Gasteiger partial charge on any atom is -0.328 e. The van der Waals surface area contributed by atoms with Gasteiger partial charge in [-0.05, 0) is 38.2 Å². The fourth-order valence-corrected chi connectivity index (χ4v) is 2.69. The molecule has 0 saturated carbocycles. The van der Waals surface area contributed by atoms with E-state index in [2.05, 4.69) is 15.5 Å². The SMILES string of the molecule is CCn1cc(CN2C(=O)/C(=C\c3ccnn3CC)NC2=S)cn1. The first-order valence-corrected chi connectivity index (χ1v) is 7.91. The normalized spacial score (nSPS) is 16.4. The van der Waals surface area contributed by atoms with Crippen LogP contribution in [0.15, 0.2) is 30.4 Å². The molecule has 1 fully saturated rings. The van der Waals surface area contributed by atoms with Gasteiger partial charge >= 0.3 is 0 Å². The van der Waals surface area contributed by atoms with E-state index in [0.29, 0.717) is 17.4 Å². The number of thiocarbonyl (C=S) groups is 1. The Balaban J connectivity index is 1.79. The van der Waals surface area contributed by atoms with E-state index in [4.69, 9.17) is 12.2 Å². The van der Waals surface area contributed by atoms with E-state index < -0.39 is 0 Å². The number of nitrogens with zero attached hydrogens (tertiary/aromatic N) is 5. The number of aromatic nitrogens is 4. The van der Waals surface area contributed by atoms with Gasteiger partial charge in [0.25, 0.3) is 5.91 Å². The molecule has 0 atom stereocenters.